The lowest BCUT2D eigenvalue weighted by atomic mass is 10.6. The van der Waals surface area contributed by atoms with Gasteiger partial charge < -0.3 is 9.40 Å². The first kappa shape index (κ1) is 7.88. The second-order valence-corrected chi connectivity index (χ2v) is 2.08. The van der Waals surface area contributed by atoms with E-state index in [0.29, 0.717) is 0 Å². The molecule has 1 N–H and O–H groups in total. The van der Waals surface area contributed by atoms with Gasteiger partial charge in [-0.2, -0.15) is 0 Å². The maximum Gasteiger partial charge on any atom is 0.524 e. The van der Waals surface area contributed by atoms with Crippen molar-refractivity contribution in [3.05, 3.63) is 24.3 Å². The van der Waals surface area contributed by atoms with E-state index < -0.39 is 6.16 Å². The van der Waals surface area contributed by atoms with Gasteiger partial charge in [0.1, 0.15) is 11.9 Å². The summed E-state index contributed by atoms with van der Waals surface area (Å²) in [5.41, 5.74) is 2.85. The van der Waals surface area contributed by atoms with Crippen molar-refractivity contribution in [1.82, 2.24) is 0 Å². The van der Waals surface area contributed by atoms with Crippen molar-refractivity contribution in [1.29, 1.82) is 0 Å². The zero-order valence-electron chi connectivity index (χ0n) is 5.45. The molecule has 0 amide bonds. The van der Waals surface area contributed by atoms with E-state index in [-0.39, 0.29) is 0 Å². The molecule has 0 radical (unpaired) electrons. The number of carboxylic acid groups (broad SMARTS) is 1. The van der Waals surface area contributed by atoms with E-state index in [2.05, 4.69) is 40.4 Å². The fourth-order valence-corrected chi connectivity index (χ4v) is 0.676. The highest BCUT2D eigenvalue weighted by atomic mass is 35.5. The van der Waals surface area contributed by atoms with Gasteiger partial charge in [-0.1, -0.05) is 18.2 Å². The maximum absolute atomic E-state index is 9.01. The second kappa shape index (κ2) is 3.25. The Labute approximate surface area is 68.3 Å². The van der Waals surface area contributed by atoms with E-state index in [1.807, 2.05) is 0 Å². The van der Waals surface area contributed by atoms with Gasteiger partial charge in [-0.05, 0) is 17.2 Å². The molecule has 0 aliphatic heterocycles. The molecule has 11 heavy (non-hydrogen) atoms. The molecule has 4 heteroatoms. The SMILES string of the molecule is O=C(O)OCl.c1cc2cc-2c1. The van der Waals surface area contributed by atoms with Crippen LogP contribution in [0.5, 0.6) is 0 Å². The largest absolute Gasteiger partial charge is 0.524 e. The highest BCUT2D eigenvalue weighted by Crippen LogP contribution is 2.32. The van der Waals surface area contributed by atoms with Gasteiger partial charge in [0.05, 0.1) is 0 Å². The Kier molecular flexibility index (Phi) is 2.33. The highest BCUT2D eigenvalue weighted by Gasteiger charge is 2.06. The summed E-state index contributed by atoms with van der Waals surface area (Å²) in [6.07, 6.45) is -1.48. The Morgan fingerprint density at radius 1 is 1.45 bits per heavy atom. The van der Waals surface area contributed by atoms with Gasteiger partial charge in [-0.15, -0.1) is 0 Å². The van der Waals surface area contributed by atoms with Crippen molar-refractivity contribution in [2.75, 3.05) is 0 Å². The zero-order chi connectivity index (χ0) is 8.27. The van der Waals surface area contributed by atoms with Gasteiger partial charge in [0.2, 0.25) is 0 Å². The van der Waals surface area contributed by atoms with Crippen molar-refractivity contribution in [3.63, 3.8) is 0 Å². The molecule has 0 spiro atoms. The van der Waals surface area contributed by atoms with Crippen LogP contribution in [0.15, 0.2) is 24.3 Å². The van der Waals surface area contributed by atoms with Gasteiger partial charge in [-0.25, -0.2) is 4.79 Å². The number of fused-ring (bicyclic) bond motifs is 1. The second-order valence-electron chi connectivity index (χ2n) is 1.92. The van der Waals surface area contributed by atoms with Crippen LogP contribution >= 0.6 is 11.9 Å². The molecule has 0 unspecified atom stereocenters. The van der Waals surface area contributed by atoms with E-state index in [1.165, 1.54) is 11.1 Å². The average molecular weight is 173 g/mol. The first-order valence-corrected chi connectivity index (χ1v) is 3.17. The molecule has 0 heterocycles. The fourth-order valence-electron chi connectivity index (χ4n) is 0.676. The van der Waals surface area contributed by atoms with Crippen LogP contribution in [0.1, 0.15) is 0 Å². The Morgan fingerprint density at radius 3 is 2.00 bits per heavy atom. The Hall–Kier alpha value is -1.22. The number of benzene rings is 1. The van der Waals surface area contributed by atoms with Crippen molar-refractivity contribution in [3.8, 4) is 11.1 Å². The van der Waals surface area contributed by atoms with Crippen LogP contribution in [0.25, 0.3) is 11.1 Å². The monoisotopic (exact) mass is 172 g/mol. The number of rotatable bonds is 0. The minimum absolute atomic E-state index is 1.43. The third kappa shape index (κ3) is 2.47. The third-order valence-electron chi connectivity index (χ3n) is 1.18. The van der Waals surface area contributed by atoms with Crippen molar-refractivity contribution in [2.45, 2.75) is 0 Å². The van der Waals surface area contributed by atoms with Crippen LogP contribution in [0.4, 0.5) is 4.79 Å². The molecule has 0 aromatic carbocycles. The summed E-state index contributed by atoms with van der Waals surface area (Å²) in [5, 5.41) is 7.37. The van der Waals surface area contributed by atoms with Gasteiger partial charge in [0, 0.05) is 0 Å². The topological polar surface area (TPSA) is 46.5 Å². The predicted molar refractivity (Wildman–Crippen MR) is 40.4 cm³/mol. The number of carbonyl (C=O) groups is 1. The molecular formula is C7H5ClO3. The van der Waals surface area contributed by atoms with E-state index in [1.54, 1.807) is 0 Å². The number of halogens is 1. The summed E-state index contributed by atoms with van der Waals surface area (Å²) in [6, 6.07) is 8.48. The van der Waals surface area contributed by atoms with E-state index in [9.17, 15) is 0 Å². The molecule has 0 aromatic heterocycles. The van der Waals surface area contributed by atoms with E-state index in [4.69, 9.17) is 9.90 Å². The maximum atomic E-state index is 9.01. The van der Waals surface area contributed by atoms with Crippen molar-refractivity contribution in [2.24, 2.45) is 0 Å². The molecular weight excluding hydrogens is 168 g/mol. The average Bonchev–Trinajstić information content (AvgIpc) is 2.61. The molecule has 3 nitrogen and oxygen atoms in total. The van der Waals surface area contributed by atoms with Crippen LogP contribution < -0.4 is 0 Å². The summed E-state index contributed by atoms with van der Waals surface area (Å²) in [7, 11) is 0. The van der Waals surface area contributed by atoms with Crippen LogP contribution in [-0.2, 0) is 4.29 Å². The highest BCUT2D eigenvalue weighted by molar-refractivity contribution is 6.12. The van der Waals surface area contributed by atoms with Crippen LogP contribution in [0.3, 0.4) is 0 Å². The lowest BCUT2D eigenvalue weighted by molar-refractivity contribution is 0.149. The molecule has 58 valence electrons. The molecule has 0 fully saturated rings. The lowest BCUT2D eigenvalue weighted by Crippen LogP contribution is -1.85. The molecule has 2 aliphatic rings. The first-order chi connectivity index (χ1) is 5.24. The number of hydrogen-bond acceptors (Lipinski definition) is 2. The van der Waals surface area contributed by atoms with Gasteiger partial charge in [0.25, 0.3) is 0 Å². The first-order valence-electron chi connectivity index (χ1n) is 2.86. The summed E-state index contributed by atoms with van der Waals surface area (Å²) >= 11 is 4.24. The lowest BCUT2D eigenvalue weighted by Gasteiger charge is -1.73. The normalized spacial score (nSPS) is 9.18. The van der Waals surface area contributed by atoms with Crippen molar-refractivity contribution < 1.29 is 14.2 Å². The third-order valence-corrected chi connectivity index (χ3v) is 1.31. The van der Waals surface area contributed by atoms with Crippen LogP contribution in [0, 0.1) is 0 Å². The number of hydrogen-bond donors (Lipinski definition) is 1. The zero-order valence-corrected chi connectivity index (χ0v) is 6.21. The summed E-state index contributed by atoms with van der Waals surface area (Å²) in [6.45, 7) is 0. The smallest absolute Gasteiger partial charge is 0.449 e. The molecule has 0 atom stereocenters. The molecule has 0 bridgehead atoms. The standard InChI is InChI=1S/C6H4.CHClO3/c1-2-5-4-6(5)3-1;2-5-1(3)4/h1-4H;(H,3,4). The summed E-state index contributed by atoms with van der Waals surface area (Å²) in [5.74, 6) is 0. The molecule has 0 saturated carbocycles. The summed E-state index contributed by atoms with van der Waals surface area (Å²) < 4.78 is 3.14. The van der Waals surface area contributed by atoms with Gasteiger partial charge >= 0.3 is 6.16 Å². The quantitative estimate of drug-likeness (QED) is 0.664. The molecule has 0 aromatic rings. The Bertz CT molecular complexity index is 255. The Morgan fingerprint density at radius 2 is 1.91 bits per heavy atom. The molecule has 2 aliphatic carbocycles. The van der Waals surface area contributed by atoms with E-state index in [0.717, 1.165) is 0 Å². The Balaban J connectivity index is 0.000000114. The summed E-state index contributed by atoms with van der Waals surface area (Å²) in [4.78, 5) is 9.01. The fraction of sp³-hybridized carbons (Fsp3) is 0. The van der Waals surface area contributed by atoms with Crippen LogP contribution in [-0.4, -0.2) is 11.3 Å². The molecule has 2 rings (SSSR count). The minimum atomic E-state index is -1.48. The van der Waals surface area contributed by atoms with Crippen LogP contribution in [0.2, 0.25) is 0 Å². The minimum Gasteiger partial charge on any atom is -0.449 e. The van der Waals surface area contributed by atoms with E-state index >= 15 is 0 Å². The van der Waals surface area contributed by atoms with Crippen molar-refractivity contribution >= 4 is 18.0 Å². The van der Waals surface area contributed by atoms with Gasteiger partial charge in [0.15, 0.2) is 0 Å². The predicted octanol–water partition coefficient (Wildman–Crippen LogP) is 2.50. The molecule has 0 saturated heterocycles. The van der Waals surface area contributed by atoms with Gasteiger partial charge in [-0.3, -0.25) is 0 Å².